The molecular weight excluding hydrogens is 285 g/mol. The van der Waals surface area contributed by atoms with Gasteiger partial charge in [0.1, 0.15) is 12.3 Å². The van der Waals surface area contributed by atoms with E-state index < -0.39 is 25.2 Å². The monoisotopic (exact) mass is 298 g/mol. The number of amides is 1. The van der Waals surface area contributed by atoms with Gasteiger partial charge < -0.3 is 9.64 Å². The van der Waals surface area contributed by atoms with E-state index in [0.29, 0.717) is 16.2 Å². The average molecular weight is 298 g/mol. The molecule has 0 atom stereocenters. The lowest BCUT2D eigenvalue weighted by Gasteiger charge is -2.22. The first-order valence-electron chi connectivity index (χ1n) is 5.94. The number of alkyl halides is 3. The van der Waals surface area contributed by atoms with Gasteiger partial charge >= 0.3 is 6.18 Å². The van der Waals surface area contributed by atoms with Crippen molar-refractivity contribution < 1.29 is 22.7 Å². The normalized spacial score (nSPS) is 10.6. The Hall–Kier alpha value is -2.49. The second-order valence-electron chi connectivity index (χ2n) is 4.10. The number of nitriles is 1. The molecular formula is C14H13F3N2O2. The van der Waals surface area contributed by atoms with Crippen LogP contribution in [0, 0.1) is 11.3 Å². The summed E-state index contributed by atoms with van der Waals surface area (Å²) in [4.78, 5) is 12.3. The van der Waals surface area contributed by atoms with E-state index in [4.69, 9.17) is 10.00 Å². The zero-order valence-electron chi connectivity index (χ0n) is 11.1. The number of ether oxygens (including phenoxy) is 1. The van der Waals surface area contributed by atoms with Crippen LogP contribution in [-0.4, -0.2) is 36.7 Å². The van der Waals surface area contributed by atoms with Crippen LogP contribution >= 0.6 is 0 Å². The van der Waals surface area contributed by atoms with Crippen molar-refractivity contribution >= 4 is 5.91 Å². The third-order valence-electron chi connectivity index (χ3n) is 2.42. The number of benzene rings is 1. The summed E-state index contributed by atoms with van der Waals surface area (Å²) in [6.45, 7) is 1.23. The molecule has 0 saturated carbocycles. The van der Waals surface area contributed by atoms with Gasteiger partial charge in [-0.1, -0.05) is 6.08 Å². The van der Waals surface area contributed by atoms with Crippen molar-refractivity contribution in [1.82, 2.24) is 4.90 Å². The Morgan fingerprint density at radius 1 is 1.38 bits per heavy atom. The summed E-state index contributed by atoms with van der Waals surface area (Å²) in [7, 11) is 0. The first kappa shape index (κ1) is 16.6. The molecule has 7 heteroatoms. The standard InChI is InChI=1S/C14H13F3N2O2/c1-2-7-19(10-14(15,16)17)13(20)9-21-12-5-3-11(8-18)4-6-12/h2-6H,1,7,9-10H2. The molecule has 112 valence electrons. The molecule has 21 heavy (non-hydrogen) atoms. The molecule has 1 aromatic rings. The van der Waals surface area contributed by atoms with E-state index in [0.717, 1.165) is 0 Å². The largest absolute Gasteiger partial charge is 0.484 e. The van der Waals surface area contributed by atoms with Gasteiger partial charge in [-0.25, -0.2) is 0 Å². The summed E-state index contributed by atoms with van der Waals surface area (Å²) in [5, 5.41) is 8.62. The maximum absolute atomic E-state index is 12.3. The van der Waals surface area contributed by atoms with Crippen molar-refractivity contribution in [3.05, 3.63) is 42.5 Å². The Labute approximate surface area is 120 Å². The summed E-state index contributed by atoms with van der Waals surface area (Å²) in [5.41, 5.74) is 0.416. The minimum Gasteiger partial charge on any atom is -0.484 e. The van der Waals surface area contributed by atoms with E-state index in [-0.39, 0.29) is 6.54 Å². The minimum atomic E-state index is -4.48. The molecule has 0 aromatic heterocycles. The summed E-state index contributed by atoms with van der Waals surface area (Å²) in [5.74, 6) is -0.496. The number of halogens is 3. The molecule has 0 unspecified atom stereocenters. The van der Waals surface area contributed by atoms with Gasteiger partial charge in [-0.3, -0.25) is 4.79 Å². The molecule has 0 bridgehead atoms. The Morgan fingerprint density at radius 2 is 2.00 bits per heavy atom. The lowest BCUT2D eigenvalue weighted by Crippen LogP contribution is -2.41. The molecule has 0 heterocycles. The molecule has 1 rings (SSSR count). The molecule has 0 saturated heterocycles. The van der Waals surface area contributed by atoms with Crippen LogP contribution in [0.15, 0.2) is 36.9 Å². The molecule has 0 spiro atoms. The molecule has 0 aliphatic carbocycles. The minimum absolute atomic E-state index is 0.213. The number of hydrogen-bond donors (Lipinski definition) is 0. The summed E-state index contributed by atoms with van der Waals surface area (Å²) >= 11 is 0. The van der Waals surface area contributed by atoms with Gasteiger partial charge in [0.15, 0.2) is 6.61 Å². The highest BCUT2D eigenvalue weighted by molar-refractivity contribution is 5.78. The van der Waals surface area contributed by atoms with Crippen LogP contribution in [-0.2, 0) is 4.79 Å². The van der Waals surface area contributed by atoms with E-state index in [9.17, 15) is 18.0 Å². The molecule has 0 aliphatic rings. The third kappa shape index (κ3) is 5.99. The second-order valence-corrected chi connectivity index (χ2v) is 4.10. The Kier molecular flexibility index (Phi) is 5.79. The Bertz CT molecular complexity index is 533. The van der Waals surface area contributed by atoms with Crippen molar-refractivity contribution in [2.75, 3.05) is 19.7 Å². The number of carbonyl (C=O) groups excluding carboxylic acids is 1. The van der Waals surface area contributed by atoms with Crippen LogP contribution in [0.25, 0.3) is 0 Å². The van der Waals surface area contributed by atoms with E-state index in [2.05, 4.69) is 6.58 Å². The van der Waals surface area contributed by atoms with E-state index in [1.54, 1.807) is 0 Å². The van der Waals surface area contributed by atoms with Gasteiger partial charge in [0, 0.05) is 6.54 Å². The van der Waals surface area contributed by atoms with Crippen molar-refractivity contribution in [3.63, 3.8) is 0 Å². The van der Waals surface area contributed by atoms with Crippen LogP contribution in [0.3, 0.4) is 0 Å². The predicted molar refractivity (Wildman–Crippen MR) is 69.5 cm³/mol. The molecule has 0 N–H and O–H groups in total. The van der Waals surface area contributed by atoms with Gasteiger partial charge in [-0.05, 0) is 24.3 Å². The van der Waals surface area contributed by atoms with Gasteiger partial charge in [0.05, 0.1) is 11.6 Å². The first-order chi connectivity index (χ1) is 9.85. The summed E-state index contributed by atoms with van der Waals surface area (Å²) in [6.07, 6.45) is -3.27. The Balaban J connectivity index is 2.60. The van der Waals surface area contributed by atoms with Gasteiger partial charge in [0.25, 0.3) is 5.91 Å². The highest BCUT2D eigenvalue weighted by atomic mass is 19.4. The van der Waals surface area contributed by atoms with Crippen LogP contribution in [0.2, 0.25) is 0 Å². The topological polar surface area (TPSA) is 53.3 Å². The highest BCUT2D eigenvalue weighted by Gasteiger charge is 2.32. The van der Waals surface area contributed by atoms with Gasteiger partial charge in [0.2, 0.25) is 0 Å². The smallest absolute Gasteiger partial charge is 0.406 e. The number of nitrogens with zero attached hydrogens (tertiary/aromatic N) is 2. The van der Waals surface area contributed by atoms with Crippen LogP contribution < -0.4 is 4.74 Å². The molecule has 4 nitrogen and oxygen atoms in total. The molecule has 1 aromatic carbocycles. The zero-order valence-corrected chi connectivity index (χ0v) is 11.1. The van der Waals surface area contributed by atoms with Crippen molar-refractivity contribution in [2.45, 2.75) is 6.18 Å². The van der Waals surface area contributed by atoms with Gasteiger partial charge in [-0.15, -0.1) is 6.58 Å². The average Bonchev–Trinajstić information content (AvgIpc) is 2.43. The molecule has 1 amide bonds. The first-order valence-corrected chi connectivity index (χ1v) is 5.94. The molecule has 0 aliphatic heterocycles. The number of rotatable bonds is 6. The Morgan fingerprint density at radius 3 is 2.48 bits per heavy atom. The number of hydrogen-bond acceptors (Lipinski definition) is 3. The van der Waals surface area contributed by atoms with Crippen LogP contribution in [0.4, 0.5) is 13.2 Å². The summed E-state index contributed by atoms with van der Waals surface area (Å²) in [6, 6.07) is 7.81. The second kappa shape index (κ2) is 7.33. The fourth-order valence-corrected chi connectivity index (χ4v) is 1.49. The van der Waals surface area contributed by atoms with E-state index >= 15 is 0 Å². The van der Waals surface area contributed by atoms with Crippen molar-refractivity contribution in [3.8, 4) is 11.8 Å². The fraction of sp³-hybridized carbons (Fsp3) is 0.286. The summed E-state index contributed by atoms with van der Waals surface area (Å²) < 4.78 is 42.1. The van der Waals surface area contributed by atoms with Crippen LogP contribution in [0.1, 0.15) is 5.56 Å². The quantitative estimate of drug-likeness (QED) is 0.758. The van der Waals surface area contributed by atoms with E-state index in [1.807, 2.05) is 6.07 Å². The van der Waals surface area contributed by atoms with Crippen molar-refractivity contribution in [2.24, 2.45) is 0 Å². The lowest BCUT2D eigenvalue weighted by atomic mass is 10.2. The highest BCUT2D eigenvalue weighted by Crippen LogP contribution is 2.17. The maximum atomic E-state index is 12.3. The lowest BCUT2D eigenvalue weighted by molar-refractivity contribution is -0.161. The van der Waals surface area contributed by atoms with E-state index in [1.165, 1.54) is 30.3 Å². The molecule has 0 radical (unpaired) electrons. The van der Waals surface area contributed by atoms with Crippen LogP contribution in [0.5, 0.6) is 5.75 Å². The van der Waals surface area contributed by atoms with Gasteiger partial charge in [-0.2, -0.15) is 18.4 Å². The van der Waals surface area contributed by atoms with Crippen molar-refractivity contribution in [1.29, 1.82) is 5.26 Å². The SMILES string of the molecule is C=CCN(CC(F)(F)F)C(=O)COc1ccc(C#N)cc1. The zero-order chi connectivity index (χ0) is 15.9. The molecule has 0 fully saturated rings. The fourth-order valence-electron chi connectivity index (χ4n) is 1.49. The third-order valence-corrected chi connectivity index (χ3v) is 2.42. The maximum Gasteiger partial charge on any atom is 0.406 e. The predicted octanol–water partition coefficient (Wildman–Crippen LogP) is 2.51. The number of carbonyl (C=O) groups is 1.